The molecule has 0 saturated heterocycles. The van der Waals surface area contributed by atoms with Crippen molar-refractivity contribution >= 4 is 17.4 Å². The van der Waals surface area contributed by atoms with Gasteiger partial charge in [-0.1, -0.05) is 20.8 Å². The van der Waals surface area contributed by atoms with Crippen LogP contribution < -0.4 is 5.32 Å². The predicted octanol–water partition coefficient (Wildman–Crippen LogP) is 3.28. The van der Waals surface area contributed by atoms with Gasteiger partial charge in [0.25, 0.3) is 0 Å². The van der Waals surface area contributed by atoms with E-state index in [9.17, 15) is 9.59 Å². The van der Waals surface area contributed by atoms with Gasteiger partial charge >= 0.3 is 5.97 Å². The summed E-state index contributed by atoms with van der Waals surface area (Å²) < 4.78 is 4.81. The van der Waals surface area contributed by atoms with Crippen LogP contribution in [0.25, 0.3) is 0 Å². The second-order valence-electron chi connectivity index (χ2n) is 5.20. The molecule has 0 aliphatic rings. The van der Waals surface area contributed by atoms with Gasteiger partial charge in [0.15, 0.2) is 5.78 Å². The second-order valence-corrected chi connectivity index (χ2v) is 5.20. The van der Waals surface area contributed by atoms with Gasteiger partial charge in [-0.3, -0.25) is 4.79 Å². The summed E-state index contributed by atoms with van der Waals surface area (Å²) in [4.78, 5) is 23.3. The molecule has 1 atom stereocenters. The molecule has 0 spiro atoms. The van der Waals surface area contributed by atoms with E-state index in [1.807, 2.05) is 19.1 Å². The van der Waals surface area contributed by atoms with Crippen molar-refractivity contribution in [2.75, 3.05) is 12.4 Å². The summed E-state index contributed by atoms with van der Waals surface area (Å²) >= 11 is 0. The maximum Gasteiger partial charge on any atom is 0.328 e. The second kappa shape index (κ2) is 7.68. The number of benzene rings is 1. The number of methoxy groups -OCH3 is 1. The Bertz CT molecular complexity index is 451. The van der Waals surface area contributed by atoms with Gasteiger partial charge in [0.1, 0.15) is 6.04 Å². The zero-order valence-corrected chi connectivity index (χ0v) is 12.6. The van der Waals surface area contributed by atoms with E-state index < -0.39 is 0 Å². The van der Waals surface area contributed by atoms with Crippen molar-refractivity contribution in [3.63, 3.8) is 0 Å². The Morgan fingerprint density at radius 2 is 1.80 bits per heavy atom. The summed E-state index contributed by atoms with van der Waals surface area (Å²) in [5, 5.41) is 3.16. The number of ether oxygens (including phenoxy) is 1. The minimum absolute atomic E-state index is 0.114. The Kier molecular flexibility index (Phi) is 6.22. The number of esters is 1. The molecule has 1 N–H and O–H groups in total. The highest BCUT2D eigenvalue weighted by Crippen LogP contribution is 2.16. The van der Waals surface area contributed by atoms with E-state index >= 15 is 0 Å². The molecule has 0 saturated carbocycles. The third-order valence-electron chi connectivity index (χ3n) is 3.06. The van der Waals surface area contributed by atoms with Crippen LogP contribution in [-0.2, 0) is 9.53 Å². The number of hydrogen-bond donors (Lipinski definition) is 1. The molecule has 0 aromatic heterocycles. The molecule has 0 radical (unpaired) electrons. The van der Waals surface area contributed by atoms with Gasteiger partial charge < -0.3 is 10.1 Å². The third-order valence-corrected chi connectivity index (χ3v) is 3.06. The maximum absolute atomic E-state index is 11.7. The SMILES string of the molecule is CCC(=O)c1ccc(NC(CC(C)C)C(=O)OC)cc1. The number of hydrogen-bond acceptors (Lipinski definition) is 4. The van der Waals surface area contributed by atoms with Crippen LogP contribution in [0.4, 0.5) is 5.69 Å². The molecule has 0 bridgehead atoms. The fraction of sp³-hybridized carbons (Fsp3) is 0.500. The van der Waals surface area contributed by atoms with Crippen molar-refractivity contribution in [3.8, 4) is 0 Å². The molecule has 1 rings (SSSR count). The highest BCUT2D eigenvalue weighted by Gasteiger charge is 2.20. The monoisotopic (exact) mass is 277 g/mol. The van der Waals surface area contributed by atoms with E-state index in [4.69, 9.17) is 4.74 Å². The van der Waals surface area contributed by atoms with E-state index in [1.165, 1.54) is 7.11 Å². The lowest BCUT2D eigenvalue weighted by molar-refractivity contribution is -0.141. The minimum Gasteiger partial charge on any atom is -0.467 e. The number of rotatable bonds is 7. The number of anilines is 1. The van der Waals surface area contributed by atoms with E-state index in [1.54, 1.807) is 12.1 Å². The molecule has 0 heterocycles. The molecule has 0 amide bonds. The molecule has 4 heteroatoms. The summed E-state index contributed by atoms with van der Waals surface area (Å²) in [5.74, 6) is 0.225. The van der Waals surface area contributed by atoms with E-state index in [0.29, 0.717) is 24.3 Å². The molecule has 0 fully saturated rings. The van der Waals surface area contributed by atoms with Crippen LogP contribution in [0.15, 0.2) is 24.3 Å². The van der Waals surface area contributed by atoms with Gasteiger partial charge in [0, 0.05) is 17.7 Å². The van der Waals surface area contributed by atoms with Crippen molar-refractivity contribution in [2.45, 2.75) is 39.7 Å². The summed E-state index contributed by atoms with van der Waals surface area (Å²) in [6.07, 6.45) is 1.19. The number of Topliss-reactive ketones (excluding diaryl/α,β-unsaturated/α-hetero) is 1. The number of carbonyl (C=O) groups is 2. The zero-order chi connectivity index (χ0) is 15.1. The molecule has 0 aliphatic heterocycles. The molecular formula is C16H23NO3. The van der Waals surface area contributed by atoms with Crippen molar-refractivity contribution in [3.05, 3.63) is 29.8 Å². The van der Waals surface area contributed by atoms with Gasteiger partial charge in [0.05, 0.1) is 7.11 Å². The zero-order valence-electron chi connectivity index (χ0n) is 12.6. The van der Waals surface area contributed by atoms with Gasteiger partial charge in [0.2, 0.25) is 0 Å². The van der Waals surface area contributed by atoms with Crippen LogP contribution in [0, 0.1) is 5.92 Å². The molecule has 1 aromatic rings. The standard InChI is InChI=1S/C16H23NO3/c1-5-15(18)12-6-8-13(9-7-12)17-14(10-11(2)3)16(19)20-4/h6-9,11,14,17H,5,10H2,1-4H3. The summed E-state index contributed by atoms with van der Waals surface area (Å²) in [7, 11) is 1.39. The van der Waals surface area contributed by atoms with Crippen LogP contribution in [0.5, 0.6) is 0 Å². The van der Waals surface area contributed by atoms with E-state index in [0.717, 1.165) is 5.69 Å². The van der Waals surface area contributed by atoms with Crippen molar-refractivity contribution in [1.82, 2.24) is 0 Å². The largest absolute Gasteiger partial charge is 0.467 e. The van der Waals surface area contributed by atoms with Crippen LogP contribution in [0.2, 0.25) is 0 Å². The first-order valence-corrected chi connectivity index (χ1v) is 6.95. The van der Waals surface area contributed by atoms with E-state index in [2.05, 4.69) is 19.2 Å². The molecule has 20 heavy (non-hydrogen) atoms. The molecule has 4 nitrogen and oxygen atoms in total. The minimum atomic E-state index is -0.368. The molecule has 1 aromatic carbocycles. The van der Waals surface area contributed by atoms with Gasteiger partial charge in [-0.15, -0.1) is 0 Å². The lowest BCUT2D eigenvalue weighted by Crippen LogP contribution is -2.32. The van der Waals surface area contributed by atoms with Gasteiger partial charge in [-0.2, -0.15) is 0 Å². The van der Waals surface area contributed by atoms with Crippen LogP contribution >= 0.6 is 0 Å². The van der Waals surface area contributed by atoms with Crippen molar-refractivity contribution in [2.24, 2.45) is 5.92 Å². The Hall–Kier alpha value is -1.84. The average molecular weight is 277 g/mol. The molecule has 0 aliphatic carbocycles. The third kappa shape index (κ3) is 4.68. The van der Waals surface area contributed by atoms with Crippen molar-refractivity contribution < 1.29 is 14.3 Å². The Morgan fingerprint density at radius 3 is 2.25 bits per heavy atom. The lowest BCUT2D eigenvalue weighted by atomic mass is 10.0. The highest BCUT2D eigenvalue weighted by atomic mass is 16.5. The maximum atomic E-state index is 11.7. The van der Waals surface area contributed by atoms with Gasteiger partial charge in [-0.25, -0.2) is 4.79 Å². The Morgan fingerprint density at radius 1 is 1.20 bits per heavy atom. The fourth-order valence-corrected chi connectivity index (χ4v) is 1.99. The summed E-state index contributed by atoms with van der Waals surface area (Å²) in [5.41, 5.74) is 1.50. The number of nitrogens with one attached hydrogen (secondary N) is 1. The first-order chi connectivity index (χ1) is 9.47. The topological polar surface area (TPSA) is 55.4 Å². The summed E-state index contributed by atoms with van der Waals surface area (Å²) in [6.45, 7) is 5.95. The molecule has 110 valence electrons. The molecular weight excluding hydrogens is 254 g/mol. The highest BCUT2D eigenvalue weighted by molar-refractivity contribution is 5.96. The lowest BCUT2D eigenvalue weighted by Gasteiger charge is -2.19. The first kappa shape index (κ1) is 16.2. The smallest absolute Gasteiger partial charge is 0.328 e. The fourth-order valence-electron chi connectivity index (χ4n) is 1.99. The number of ketones is 1. The first-order valence-electron chi connectivity index (χ1n) is 6.95. The van der Waals surface area contributed by atoms with Crippen LogP contribution in [0.1, 0.15) is 44.0 Å². The van der Waals surface area contributed by atoms with Gasteiger partial charge in [-0.05, 0) is 36.6 Å². The van der Waals surface area contributed by atoms with Crippen LogP contribution in [0.3, 0.4) is 0 Å². The quantitative estimate of drug-likeness (QED) is 0.614. The Labute approximate surface area is 120 Å². The van der Waals surface area contributed by atoms with Crippen LogP contribution in [-0.4, -0.2) is 24.9 Å². The Balaban J connectivity index is 2.78. The average Bonchev–Trinajstić information content (AvgIpc) is 2.45. The van der Waals surface area contributed by atoms with Crippen molar-refractivity contribution in [1.29, 1.82) is 0 Å². The predicted molar refractivity (Wildman–Crippen MR) is 79.9 cm³/mol. The normalized spacial score (nSPS) is 12.1. The van der Waals surface area contributed by atoms with E-state index in [-0.39, 0.29) is 17.8 Å². The summed E-state index contributed by atoms with van der Waals surface area (Å²) in [6, 6.07) is 6.82. The number of carbonyl (C=O) groups excluding carboxylic acids is 2. The molecule has 1 unspecified atom stereocenters.